The molecule has 0 aliphatic carbocycles. The highest BCUT2D eigenvalue weighted by atomic mass is 16.6. The number of aryl methyl sites for hydroxylation is 1. The molecule has 0 saturated heterocycles. The van der Waals surface area contributed by atoms with Crippen LogP contribution in [0.2, 0.25) is 0 Å². The Bertz CT molecular complexity index is 1330. The molecular formula is C25H21NO5. The minimum Gasteiger partial charge on any atom is -0.493 e. The average Bonchev–Trinajstić information content (AvgIpc) is 2.78. The predicted octanol–water partition coefficient (Wildman–Crippen LogP) is 5.10. The zero-order valence-corrected chi connectivity index (χ0v) is 17.4. The molecule has 0 amide bonds. The molecule has 0 unspecified atom stereocenters. The van der Waals surface area contributed by atoms with Gasteiger partial charge >= 0.3 is 11.6 Å². The summed E-state index contributed by atoms with van der Waals surface area (Å²) in [5, 5.41) is 0.791. The van der Waals surface area contributed by atoms with Crippen molar-refractivity contribution in [2.24, 2.45) is 0 Å². The van der Waals surface area contributed by atoms with Crippen LogP contribution < -0.4 is 20.0 Å². The Balaban J connectivity index is 1.73. The molecule has 1 aromatic heterocycles. The van der Waals surface area contributed by atoms with Crippen molar-refractivity contribution in [3.8, 4) is 11.5 Å². The second-order valence-electron chi connectivity index (χ2n) is 7.05. The number of carbonyl (C=O) groups excluding carboxylic acids is 1. The van der Waals surface area contributed by atoms with E-state index in [4.69, 9.17) is 13.9 Å². The molecule has 0 atom stereocenters. The topological polar surface area (TPSA) is 69.0 Å². The van der Waals surface area contributed by atoms with Crippen LogP contribution in [0.4, 0.5) is 11.4 Å². The van der Waals surface area contributed by atoms with E-state index in [0.717, 1.165) is 10.9 Å². The van der Waals surface area contributed by atoms with Gasteiger partial charge < -0.3 is 18.8 Å². The number of hydrogen-bond acceptors (Lipinski definition) is 6. The fraction of sp³-hybridized carbons (Fsp3) is 0.120. The summed E-state index contributed by atoms with van der Waals surface area (Å²) in [6.07, 6.45) is 0. The van der Waals surface area contributed by atoms with Gasteiger partial charge in [-0.2, -0.15) is 0 Å². The standard InChI is InChI=1S/C25H21NO5/c1-16-8-4-5-9-18(16)25(28)31-23-14-17(12-13-22(23)29-3)26(2)20-15-24(27)30-21-11-7-6-10-19(20)21/h4-15H,1-3H3. The zero-order chi connectivity index (χ0) is 22.0. The van der Waals surface area contributed by atoms with Crippen LogP contribution in [0, 0.1) is 6.92 Å². The fourth-order valence-electron chi connectivity index (χ4n) is 3.42. The van der Waals surface area contributed by atoms with E-state index in [1.807, 2.05) is 55.3 Å². The monoisotopic (exact) mass is 415 g/mol. The Labute approximate surface area is 179 Å². The highest BCUT2D eigenvalue weighted by Crippen LogP contribution is 2.36. The zero-order valence-electron chi connectivity index (χ0n) is 17.4. The molecule has 156 valence electrons. The summed E-state index contributed by atoms with van der Waals surface area (Å²) >= 11 is 0. The van der Waals surface area contributed by atoms with Crippen molar-refractivity contribution in [2.75, 3.05) is 19.1 Å². The normalized spacial score (nSPS) is 10.7. The molecule has 0 radical (unpaired) electrons. The summed E-state index contributed by atoms with van der Waals surface area (Å²) in [6, 6.07) is 21.2. The lowest BCUT2D eigenvalue weighted by molar-refractivity contribution is 0.0729. The first-order valence-corrected chi connectivity index (χ1v) is 9.70. The van der Waals surface area contributed by atoms with Gasteiger partial charge in [0.1, 0.15) is 5.58 Å². The number of hydrogen-bond donors (Lipinski definition) is 0. The van der Waals surface area contributed by atoms with Gasteiger partial charge in [-0.25, -0.2) is 9.59 Å². The third-order valence-electron chi connectivity index (χ3n) is 5.09. The van der Waals surface area contributed by atoms with E-state index >= 15 is 0 Å². The van der Waals surface area contributed by atoms with E-state index in [0.29, 0.717) is 28.3 Å². The molecule has 0 aliphatic heterocycles. The van der Waals surface area contributed by atoms with Gasteiger partial charge in [0.2, 0.25) is 0 Å². The summed E-state index contributed by atoms with van der Waals surface area (Å²) in [6.45, 7) is 1.85. The summed E-state index contributed by atoms with van der Waals surface area (Å²) in [5.74, 6) is 0.242. The minimum atomic E-state index is -0.470. The van der Waals surface area contributed by atoms with Crippen LogP contribution in [0.25, 0.3) is 11.0 Å². The van der Waals surface area contributed by atoms with E-state index in [2.05, 4.69) is 0 Å². The number of benzene rings is 3. The Morgan fingerprint density at radius 2 is 1.68 bits per heavy atom. The first-order valence-electron chi connectivity index (χ1n) is 9.70. The average molecular weight is 415 g/mol. The van der Waals surface area contributed by atoms with Crippen LogP contribution >= 0.6 is 0 Å². The Morgan fingerprint density at radius 1 is 0.935 bits per heavy atom. The lowest BCUT2D eigenvalue weighted by atomic mass is 10.1. The number of methoxy groups -OCH3 is 1. The Morgan fingerprint density at radius 3 is 2.45 bits per heavy atom. The van der Waals surface area contributed by atoms with E-state index in [1.165, 1.54) is 13.2 Å². The number of esters is 1. The largest absolute Gasteiger partial charge is 0.493 e. The molecule has 0 aliphatic rings. The predicted molar refractivity (Wildman–Crippen MR) is 120 cm³/mol. The molecule has 3 aromatic carbocycles. The van der Waals surface area contributed by atoms with Gasteiger partial charge in [-0.05, 0) is 42.8 Å². The third kappa shape index (κ3) is 4.00. The van der Waals surface area contributed by atoms with Gasteiger partial charge in [-0.3, -0.25) is 0 Å². The molecule has 31 heavy (non-hydrogen) atoms. The maximum absolute atomic E-state index is 12.7. The smallest absolute Gasteiger partial charge is 0.343 e. The second kappa shape index (κ2) is 8.36. The van der Waals surface area contributed by atoms with Crippen LogP contribution in [0.5, 0.6) is 11.5 Å². The maximum atomic E-state index is 12.7. The van der Waals surface area contributed by atoms with Crippen LogP contribution in [0.3, 0.4) is 0 Å². The Kier molecular flexibility index (Phi) is 5.45. The first kappa shape index (κ1) is 20.2. The van der Waals surface area contributed by atoms with Gasteiger partial charge in [-0.15, -0.1) is 0 Å². The molecule has 0 N–H and O–H groups in total. The maximum Gasteiger partial charge on any atom is 0.343 e. The van der Waals surface area contributed by atoms with Crippen LogP contribution in [-0.2, 0) is 0 Å². The van der Waals surface area contributed by atoms with Crippen LogP contribution in [0.15, 0.2) is 82.0 Å². The molecule has 6 heteroatoms. The molecule has 4 aromatic rings. The summed E-state index contributed by atoms with van der Waals surface area (Å²) < 4.78 is 16.3. The summed E-state index contributed by atoms with van der Waals surface area (Å²) in [4.78, 5) is 26.6. The lowest BCUT2D eigenvalue weighted by Crippen LogP contribution is -2.14. The van der Waals surface area contributed by atoms with Gasteiger partial charge in [0.15, 0.2) is 11.5 Å². The number of carbonyl (C=O) groups is 1. The molecule has 0 fully saturated rings. The molecule has 0 bridgehead atoms. The van der Waals surface area contributed by atoms with Crippen molar-refractivity contribution in [3.63, 3.8) is 0 Å². The Hall–Kier alpha value is -4.06. The van der Waals surface area contributed by atoms with Crippen molar-refractivity contribution in [1.82, 2.24) is 0 Å². The van der Waals surface area contributed by atoms with Crippen LogP contribution in [-0.4, -0.2) is 20.1 Å². The van der Waals surface area contributed by atoms with Gasteiger partial charge in [0, 0.05) is 30.3 Å². The number of fused-ring (bicyclic) bond motifs is 1. The fourth-order valence-corrected chi connectivity index (χ4v) is 3.42. The van der Waals surface area contributed by atoms with E-state index in [1.54, 1.807) is 30.3 Å². The molecule has 4 rings (SSSR count). The molecule has 1 heterocycles. The van der Waals surface area contributed by atoms with E-state index < -0.39 is 11.6 Å². The number of para-hydroxylation sites is 1. The van der Waals surface area contributed by atoms with E-state index in [9.17, 15) is 9.59 Å². The third-order valence-corrected chi connectivity index (χ3v) is 5.09. The quantitative estimate of drug-likeness (QED) is 0.257. The van der Waals surface area contributed by atoms with E-state index in [-0.39, 0.29) is 5.75 Å². The minimum absolute atomic E-state index is 0.285. The molecule has 6 nitrogen and oxygen atoms in total. The van der Waals surface area contributed by atoms with Crippen molar-refractivity contribution in [2.45, 2.75) is 6.92 Å². The first-order chi connectivity index (χ1) is 15.0. The number of nitrogens with zero attached hydrogens (tertiary/aromatic N) is 1. The SMILES string of the molecule is COc1ccc(N(C)c2cc(=O)oc3ccccc23)cc1OC(=O)c1ccccc1C. The van der Waals surface area contributed by atoms with Crippen LogP contribution in [0.1, 0.15) is 15.9 Å². The van der Waals surface area contributed by atoms with Crippen molar-refractivity contribution >= 4 is 28.3 Å². The molecule has 0 saturated carbocycles. The second-order valence-corrected chi connectivity index (χ2v) is 7.05. The van der Waals surface area contributed by atoms with Crippen molar-refractivity contribution in [3.05, 3.63) is 94.3 Å². The summed E-state index contributed by atoms with van der Waals surface area (Å²) in [7, 11) is 3.34. The number of rotatable bonds is 5. The number of anilines is 2. The van der Waals surface area contributed by atoms with Crippen molar-refractivity contribution in [1.29, 1.82) is 0 Å². The highest BCUT2D eigenvalue weighted by molar-refractivity contribution is 5.94. The lowest BCUT2D eigenvalue weighted by Gasteiger charge is -2.22. The number of ether oxygens (including phenoxy) is 2. The van der Waals surface area contributed by atoms with Crippen molar-refractivity contribution < 1.29 is 18.7 Å². The van der Waals surface area contributed by atoms with Gasteiger partial charge in [0.05, 0.1) is 18.4 Å². The summed E-state index contributed by atoms with van der Waals surface area (Å²) in [5.41, 5.74) is 2.74. The van der Waals surface area contributed by atoms with Gasteiger partial charge in [-0.1, -0.05) is 30.3 Å². The molecule has 0 spiro atoms. The molecular weight excluding hydrogens is 394 g/mol. The highest BCUT2D eigenvalue weighted by Gasteiger charge is 2.17. The van der Waals surface area contributed by atoms with Gasteiger partial charge in [0.25, 0.3) is 0 Å².